The molecule has 0 spiro atoms. The van der Waals surface area contributed by atoms with Gasteiger partial charge in [0.05, 0.1) is 6.26 Å². The van der Waals surface area contributed by atoms with E-state index in [1.807, 2.05) is 0 Å². The zero-order valence-corrected chi connectivity index (χ0v) is 13.6. The molecule has 0 N–H and O–H groups in total. The first-order chi connectivity index (χ1) is 11.4. The summed E-state index contributed by atoms with van der Waals surface area (Å²) in [5, 5.41) is 0. The minimum Gasteiger partial charge on any atom is -0.486 e. The summed E-state index contributed by atoms with van der Waals surface area (Å²) in [5.41, 5.74) is 0. The van der Waals surface area contributed by atoms with E-state index < -0.39 is 16.2 Å². The largest absolute Gasteiger partial charge is 0.486 e. The number of fused-ring (bicyclic) bond motifs is 1. The molecule has 6 nitrogen and oxygen atoms in total. The molecule has 1 heterocycles. The molecule has 2 aromatic rings. The third kappa shape index (κ3) is 4.36. The zero-order valence-electron chi connectivity index (χ0n) is 12.8. The van der Waals surface area contributed by atoms with E-state index >= 15 is 0 Å². The van der Waals surface area contributed by atoms with Crippen LogP contribution < -0.4 is 14.2 Å². The molecule has 0 bridgehead atoms. The van der Waals surface area contributed by atoms with Crippen molar-refractivity contribution in [2.24, 2.45) is 0 Å². The molecule has 8 heteroatoms. The second kappa shape index (κ2) is 6.66. The maximum atomic E-state index is 12.9. The van der Waals surface area contributed by atoms with Gasteiger partial charge in [-0.3, -0.25) is 4.18 Å². The summed E-state index contributed by atoms with van der Waals surface area (Å²) in [6.07, 6.45) is 0.424. The van der Waals surface area contributed by atoms with Crippen LogP contribution in [0.3, 0.4) is 0 Å². The van der Waals surface area contributed by atoms with E-state index in [2.05, 4.69) is 0 Å². The highest BCUT2D eigenvalue weighted by Crippen LogP contribution is 2.36. The molecule has 0 saturated carbocycles. The fourth-order valence-electron chi connectivity index (χ4n) is 2.08. The van der Waals surface area contributed by atoms with Crippen molar-refractivity contribution in [3.63, 3.8) is 0 Å². The molecule has 0 radical (unpaired) electrons. The van der Waals surface area contributed by atoms with Crippen molar-refractivity contribution in [2.75, 3.05) is 19.5 Å². The Hall–Kier alpha value is -2.32. The zero-order chi connectivity index (χ0) is 17.2. The molecule has 3 rings (SSSR count). The highest BCUT2D eigenvalue weighted by atomic mass is 32.2. The van der Waals surface area contributed by atoms with Gasteiger partial charge in [-0.05, 0) is 36.4 Å². The van der Waals surface area contributed by atoms with Crippen LogP contribution in [0.4, 0.5) is 4.39 Å². The molecule has 0 saturated heterocycles. The van der Waals surface area contributed by atoms with Gasteiger partial charge in [0.2, 0.25) is 0 Å². The van der Waals surface area contributed by atoms with Gasteiger partial charge in [-0.25, -0.2) is 4.39 Å². The molecule has 2 aromatic carbocycles. The fraction of sp³-hybridized carbons (Fsp3) is 0.250. The van der Waals surface area contributed by atoms with Gasteiger partial charge in [-0.15, -0.1) is 0 Å². The molecule has 128 valence electrons. The summed E-state index contributed by atoms with van der Waals surface area (Å²) in [6.45, 7) is 0.0437. The maximum Gasteiger partial charge on any atom is 0.264 e. The molecule has 1 atom stereocenters. The molecular formula is C16H15FO6S. The van der Waals surface area contributed by atoms with Gasteiger partial charge in [0.1, 0.15) is 30.5 Å². The van der Waals surface area contributed by atoms with Crippen LogP contribution in [-0.4, -0.2) is 34.0 Å². The first-order valence-electron chi connectivity index (χ1n) is 7.10. The van der Waals surface area contributed by atoms with Crippen LogP contribution in [0.2, 0.25) is 0 Å². The highest BCUT2D eigenvalue weighted by Gasteiger charge is 2.23. The minimum absolute atomic E-state index is 0.138. The van der Waals surface area contributed by atoms with Gasteiger partial charge in [-0.1, -0.05) is 0 Å². The Bertz CT molecular complexity index is 819. The molecule has 0 unspecified atom stereocenters. The number of rotatable bonds is 5. The third-order valence-corrected chi connectivity index (χ3v) is 3.72. The first kappa shape index (κ1) is 16.5. The number of hydrogen-bond acceptors (Lipinski definition) is 6. The molecule has 24 heavy (non-hydrogen) atoms. The summed E-state index contributed by atoms with van der Waals surface area (Å²) in [6, 6.07) is 10.6. The van der Waals surface area contributed by atoms with Gasteiger partial charge in [0.25, 0.3) is 10.1 Å². The Balaban J connectivity index is 1.70. The van der Waals surface area contributed by atoms with Crippen LogP contribution in [0, 0.1) is 5.82 Å². The normalized spacial score (nSPS) is 16.7. The van der Waals surface area contributed by atoms with Crippen molar-refractivity contribution in [3.8, 4) is 23.0 Å². The number of halogens is 1. The maximum absolute atomic E-state index is 12.9. The van der Waals surface area contributed by atoms with Crippen molar-refractivity contribution < 1.29 is 31.2 Å². The quantitative estimate of drug-likeness (QED) is 0.769. The number of benzene rings is 2. The summed E-state index contributed by atoms with van der Waals surface area (Å²) < 4.78 is 56.5. The van der Waals surface area contributed by atoms with E-state index in [1.165, 1.54) is 24.3 Å². The van der Waals surface area contributed by atoms with E-state index in [1.54, 1.807) is 18.2 Å². The molecule has 1 aliphatic heterocycles. The van der Waals surface area contributed by atoms with Gasteiger partial charge in [-0.2, -0.15) is 8.42 Å². The van der Waals surface area contributed by atoms with Crippen LogP contribution in [0.1, 0.15) is 0 Å². The predicted octanol–water partition coefficient (Wildman–Crippen LogP) is 2.73. The molecule has 1 aliphatic rings. The SMILES string of the molecule is CS(=O)(=O)OC[C@H]1COc2ccc(Oc3ccc(F)cc3)cc2O1. The van der Waals surface area contributed by atoms with Gasteiger partial charge < -0.3 is 14.2 Å². The van der Waals surface area contributed by atoms with Crippen LogP contribution in [0.25, 0.3) is 0 Å². The highest BCUT2D eigenvalue weighted by molar-refractivity contribution is 7.85. The van der Waals surface area contributed by atoms with E-state index in [9.17, 15) is 12.8 Å². The molecule has 0 aliphatic carbocycles. The second-order valence-corrected chi connectivity index (χ2v) is 6.85. The molecule has 0 fully saturated rings. The fourth-order valence-corrected chi connectivity index (χ4v) is 2.48. The lowest BCUT2D eigenvalue weighted by atomic mass is 10.2. The van der Waals surface area contributed by atoms with Crippen molar-refractivity contribution in [3.05, 3.63) is 48.3 Å². The van der Waals surface area contributed by atoms with Gasteiger partial charge in [0.15, 0.2) is 17.6 Å². The topological polar surface area (TPSA) is 71.1 Å². The van der Waals surface area contributed by atoms with Crippen molar-refractivity contribution >= 4 is 10.1 Å². The standard InChI is InChI=1S/C16H15FO6S/c1-24(18,19)21-10-14-9-20-15-7-6-13(8-16(15)23-14)22-12-4-2-11(17)3-5-12/h2-8,14H,9-10H2,1H3/t14-/m1/s1. The third-order valence-electron chi connectivity index (χ3n) is 3.15. The molecule has 0 aromatic heterocycles. The Labute approximate surface area is 138 Å². The van der Waals surface area contributed by atoms with Crippen LogP contribution in [0.5, 0.6) is 23.0 Å². The Morgan fingerprint density at radius 1 is 1.12 bits per heavy atom. The van der Waals surface area contributed by atoms with Gasteiger partial charge >= 0.3 is 0 Å². The molecule has 0 amide bonds. The summed E-state index contributed by atoms with van der Waals surface area (Å²) in [7, 11) is -3.54. The van der Waals surface area contributed by atoms with E-state index in [0.717, 1.165) is 6.26 Å². The summed E-state index contributed by atoms with van der Waals surface area (Å²) in [4.78, 5) is 0. The lowest BCUT2D eigenvalue weighted by Crippen LogP contribution is -2.34. The average molecular weight is 354 g/mol. The van der Waals surface area contributed by atoms with Crippen molar-refractivity contribution in [1.29, 1.82) is 0 Å². The Morgan fingerprint density at radius 3 is 2.54 bits per heavy atom. The van der Waals surface area contributed by atoms with Gasteiger partial charge in [0, 0.05) is 6.07 Å². The summed E-state index contributed by atoms with van der Waals surface area (Å²) in [5.74, 6) is 1.55. The van der Waals surface area contributed by atoms with Crippen LogP contribution in [0.15, 0.2) is 42.5 Å². The smallest absolute Gasteiger partial charge is 0.264 e. The number of hydrogen-bond donors (Lipinski definition) is 0. The van der Waals surface area contributed by atoms with E-state index in [0.29, 0.717) is 23.0 Å². The lowest BCUT2D eigenvalue weighted by molar-refractivity contribution is 0.0555. The van der Waals surface area contributed by atoms with Crippen LogP contribution in [-0.2, 0) is 14.3 Å². The first-order valence-corrected chi connectivity index (χ1v) is 8.92. The summed E-state index contributed by atoms with van der Waals surface area (Å²) >= 11 is 0. The predicted molar refractivity (Wildman–Crippen MR) is 83.6 cm³/mol. The average Bonchev–Trinajstić information content (AvgIpc) is 2.54. The van der Waals surface area contributed by atoms with E-state index in [-0.39, 0.29) is 19.0 Å². The van der Waals surface area contributed by atoms with Crippen molar-refractivity contribution in [2.45, 2.75) is 6.10 Å². The van der Waals surface area contributed by atoms with Crippen LogP contribution >= 0.6 is 0 Å². The minimum atomic E-state index is -3.54. The second-order valence-electron chi connectivity index (χ2n) is 5.20. The monoisotopic (exact) mass is 354 g/mol. The van der Waals surface area contributed by atoms with E-state index in [4.69, 9.17) is 18.4 Å². The Kier molecular flexibility index (Phi) is 4.59. The molecular weight excluding hydrogens is 339 g/mol. The lowest BCUT2D eigenvalue weighted by Gasteiger charge is -2.26. The Morgan fingerprint density at radius 2 is 1.83 bits per heavy atom. The number of ether oxygens (including phenoxy) is 3. The van der Waals surface area contributed by atoms with Crippen molar-refractivity contribution in [1.82, 2.24) is 0 Å².